The molecule has 7 heteroatoms. The first-order valence-electron chi connectivity index (χ1n) is 7.48. The van der Waals surface area contributed by atoms with Gasteiger partial charge in [-0.05, 0) is 36.4 Å². The van der Waals surface area contributed by atoms with Crippen LogP contribution >= 0.6 is 11.8 Å². The van der Waals surface area contributed by atoms with Gasteiger partial charge in [0.25, 0.3) is 11.1 Å². The molecule has 0 fully saturated rings. The molecule has 0 saturated heterocycles. The molecule has 3 aromatic rings. The fourth-order valence-corrected chi connectivity index (χ4v) is 2.84. The number of rotatable bonds is 7. The predicted molar refractivity (Wildman–Crippen MR) is 94.3 cm³/mol. The molecule has 1 aromatic heterocycles. The number of ether oxygens (including phenoxy) is 2. The van der Waals surface area contributed by atoms with Crippen molar-refractivity contribution in [2.45, 2.75) is 5.22 Å². The summed E-state index contributed by atoms with van der Waals surface area (Å²) in [5, 5.41) is 8.34. The zero-order chi connectivity index (χ0) is 17.6. The van der Waals surface area contributed by atoms with Crippen LogP contribution in [0.5, 0.6) is 11.5 Å². The maximum Gasteiger partial charge on any atom is 0.277 e. The molecule has 0 aliphatic heterocycles. The van der Waals surface area contributed by atoms with Gasteiger partial charge in [-0.2, -0.15) is 0 Å². The van der Waals surface area contributed by atoms with Crippen molar-refractivity contribution < 1.29 is 18.7 Å². The lowest BCUT2D eigenvalue weighted by Crippen LogP contribution is -2.02. The minimum Gasteiger partial charge on any atom is -0.497 e. The van der Waals surface area contributed by atoms with E-state index in [0.29, 0.717) is 33.7 Å². The molecule has 25 heavy (non-hydrogen) atoms. The molecular formula is C18H16N2O4S. The van der Waals surface area contributed by atoms with Gasteiger partial charge in [0.05, 0.1) is 25.5 Å². The Labute approximate surface area is 149 Å². The van der Waals surface area contributed by atoms with Crippen LogP contribution in [0.3, 0.4) is 0 Å². The van der Waals surface area contributed by atoms with Crippen LogP contribution in [0.2, 0.25) is 0 Å². The van der Waals surface area contributed by atoms with Crippen LogP contribution in [0.25, 0.3) is 11.5 Å². The van der Waals surface area contributed by atoms with E-state index in [4.69, 9.17) is 13.9 Å². The Morgan fingerprint density at radius 3 is 2.52 bits per heavy atom. The first kappa shape index (κ1) is 17.0. The lowest BCUT2D eigenvalue weighted by atomic mass is 10.1. The maximum atomic E-state index is 12.2. The number of nitrogens with zero attached hydrogens (tertiary/aromatic N) is 2. The van der Waals surface area contributed by atoms with E-state index in [2.05, 4.69) is 10.2 Å². The molecule has 0 aliphatic rings. The minimum absolute atomic E-state index is 0.0234. The summed E-state index contributed by atoms with van der Waals surface area (Å²) < 4.78 is 16.0. The van der Waals surface area contributed by atoms with Crippen molar-refractivity contribution >= 4 is 17.5 Å². The topological polar surface area (TPSA) is 74.5 Å². The summed E-state index contributed by atoms with van der Waals surface area (Å²) in [6.07, 6.45) is 0. The van der Waals surface area contributed by atoms with Gasteiger partial charge in [-0.1, -0.05) is 23.9 Å². The summed E-state index contributed by atoms with van der Waals surface area (Å²) >= 11 is 1.20. The van der Waals surface area contributed by atoms with Crippen molar-refractivity contribution in [3.05, 3.63) is 54.1 Å². The highest BCUT2D eigenvalue weighted by atomic mass is 32.2. The van der Waals surface area contributed by atoms with Gasteiger partial charge in [0.15, 0.2) is 5.78 Å². The normalized spacial score (nSPS) is 10.5. The third-order valence-corrected chi connectivity index (χ3v) is 4.30. The van der Waals surface area contributed by atoms with Crippen LogP contribution in [0.15, 0.2) is 58.2 Å². The van der Waals surface area contributed by atoms with E-state index < -0.39 is 0 Å². The van der Waals surface area contributed by atoms with Crippen LogP contribution in [0, 0.1) is 0 Å². The summed E-state index contributed by atoms with van der Waals surface area (Å²) in [6.45, 7) is 0. The highest BCUT2D eigenvalue weighted by Crippen LogP contribution is 2.30. The third kappa shape index (κ3) is 4.00. The summed E-state index contributed by atoms with van der Waals surface area (Å²) in [5.41, 5.74) is 1.32. The van der Waals surface area contributed by atoms with E-state index in [-0.39, 0.29) is 11.5 Å². The van der Waals surface area contributed by atoms with Crippen molar-refractivity contribution in [1.29, 1.82) is 0 Å². The van der Waals surface area contributed by atoms with Gasteiger partial charge in [-0.25, -0.2) is 0 Å². The number of hydrogen-bond donors (Lipinski definition) is 0. The van der Waals surface area contributed by atoms with Crippen molar-refractivity contribution in [2.75, 3.05) is 20.0 Å². The predicted octanol–water partition coefficient (Wildman–Crippen LogP) is 3.73. The Hall–Kier alpha value is -2.80. The van der Waals surface area contributed by atoms with Crippen molar-refractivity contribution in [3.63, 3.8) is 0 Å². The lowest BCUT2D eigenvalue weighted by molar-refractivity contribution is 0.102. The molecule has 0 N–H and O–H groups in total. The number of carbonyl (C=O) groups excluding carboxylic acids is 1. The van der Waals surface area contributed by atoms with Crippen molar-refractivity contribution in [3.8, 4) is 23.0 Å². The third-order valence-electron chi connectivity index (χ3n) is 3.48. The average molecular weight is 356 g/mol. The molecule has 0 aliphatic carbocycles. The summed E-state index contributed by atoms with van der Waals surface area (Å²) in [7, 11) is 3.17. The maximum absolute atomic E-state index is 12.2. The second-order valence-corrected chi connectivity index (χ2v) is 5.94. The van der Waals surface area contributed by atoms with E-state index in [1.54, 1.807) is 38.5 Å². The largest absolute Gasteiger partial charge is 0.497 e. The fraction of sp³-hybridized carbons (Fsp3) is 0.167. The number of para-hydroxylation sites is 1. The van der Waals surface area contributed by atoms with Crippen LogP contribution < -0.4 is 9.47 Å². The number of aromatic nitrogens is 2. The number of Topliss-reactive ketones (excluding diaryl/α,β-unsaturated/α-hetero) is 1. The molecule has 0 bridgehead atoms. The van der Waals surface area contributed by atoms with E-state index in [0.717, 1.165) is 0 Å². The quantitative estimate of drug-likeness (QED) is 0.472. The number of carbonyl (C=O) groups is 1. The first-order valence-corrected chi connectivity index (χ1v) is 8.46. The summed E-state index contributed by atoms with van der Waals surface area (Å²) in [6, 6.07) is 14.4. The second kappa shape index (κ2) is 7.85. The molecule has 0 atom stereocenters. The Bertz CT molecular complexity index is 862. The molecule has 0 saturated carbocycles. The van der Waals surface area contributed by atoms with E-state index in [1.807, 2.05) is 24.3 Å². The van der Waals surface area contributed by atoms with Gasteiger partial charge in [-0.3, -0.25) is 4.79 Å². The monoisotopic (exact) mass is 356 g/mol. The smallest absolute Gasteiger partial charge is 0.277 e. The molecule has 3 rings (SSSR count). The lowest BCUT2D eigenvalue weighted by Gasteiger charge is -2.03. The molecule has 0 radical (unpaired) electrons. The molecule has 0 spiro atoms. The SMILES string of the molecule is COc1ccc(C(=O)CSc2nnc(-c3ccccc3OC)o2)cc1. The van der Waals surface area contributed by atoms with Gasteiger partial charge in [0, 0.05) is 5.56 Å². The molecule has 0 amide bonds. The van der Waals surface area contributed by atoms with Gasteiger partial charge in [-0.15, -0.1) is 10.2 Å². The van der Waals surface area contributed by atoms with Gasteiger partial charge >= 0.3 is 0 Å². The highest BCUT2D eigenvalue weighted by molar-refractivity contribution is 7.99. The average Bonchev–Trinajstić information content (AvgIpc) is 3.15. The molecule has 6 nitrogen and oxygen atoms in total. The molecule has 0 unspecified atom stereocenters. The number of benzene rings is 2. The fourth-order valence-electron chi connectivity index (χ4n) is 2.19. The van der Waals surface area contributed by atoms with Gasteiger partial charge in [0.1, 0.15) is 11.5 Å². The first-order chi connectivity index (χ1) is 12.2. The van der Waals surface area contributed by atoms with Gasteiger partial charge < -0.3 is 13.9 Å². The van der Waals surface area contributed by atoms with Crippen LogP contribution in [0.1, 0.15) is 10.4 Å². The number of hydrogen-bond acceptors (Lipinski definition) is 7. The Morgan fingerprint density at radius 1 is 1.04 bits per heavy atom. The Kier molecular flexibility index (Phi) is 5.35. The van der Waals surface area contributed by atoms with Crippen LogP contribution in [-0.4, -0.2) is 36.0 Å². The molecule has 1 heterocycles. The van der Waals surface area contributed by atoms with E-state index >= 15 is 0 Å². The summed E-state index contributed by atoms with van der Waals surface area (Å²) in [5.74, 6) is 1.90. The van der Waals surface area contributed by atoms with E-state index in [9.17, 15) is 4.79 Å². The number of ketones is 1. The van der Waals surface area contributed by atoms with Crippen LogP contribution in [0.4, 0.5) is 0 Å². The van der Waals surface area contributed by atoms with Gasteiger partial charge in [0.2, 0.25) is 0 Å². The van der Waals surface area contributed by atoms with Crippen molar-refractivity contribution in [1.82, 2.24) is 10.2 Å². The molecule has 2 aromatic carbocycles. The zero-order valence-electron chi connectivity index (χ0n) is 13.8. The highest BCUT2D eigenvalue weighted by Gasteiger charge is 2.15. The Morgan fingerprint density at radius 2 is 1.80 bits per heavy atom. The number of thioether (sulfide) groups is 1. The second-order valence-electron chi connectivity index (χ2n) is 5.01. The van der Waals surface area contributed by atoms with Crippen LogP contribution in [-0.2, 0) is 0 Å². The number of methoxy groups -OCH3 is 2. The molecule has 128 valence electrons. The van der Waals surface area contributed by atoms with E-state index in [1.165, 1.54) is 11.8 Å². The Balaban J connectivity index is 1.66. The minimum atomic E-state index is -0.0234. The summed E-state index contributed by atoms with van der Waals surface area (Å²) in [4.78, 5) is 12.2. The zero-order valence-corrected chi connectivity index (χ0v) is 14.6. The molecular weight excluding hydrogens is 340 g/mol. The van der Waals surface area contributed by atoms with Crippen molar-refractivity contribution in [2.24, 2.45) is 0 Å². The standard InChI is InChI=1S/C18H16N2O4S/c1-22-13-9-7-12(8-10-13)15(21)11-25-18-20-19-17(24-18)14-5-3-4-6-16(14)23-2/h3-10H,11H2,1-2H3.